The normalized spacial score (nSPS) is 13.8. The number of halogens is 1. The Labute approximate surface area is 91.0 Å². The number of hydrogen-bond donors (Lipinski definition) is 0. The molecule has 0 aliphatic heterocycles. The number of alkyl halides is 1. The molecule has 1 atom stereocenters. The zero-order chi connectivity index (χ0) is 10.8. The quantitative estimate of drug-likeness (QED) is 0.673. The smallest absolute Gasteiger partial charge is 0.119 e. The van der Waals surface area contributed by atoms with Crippen molar-refractivity contribution < 1.29 is 4.74 Å². The van der Waals surface area contributed by atoms with Crippen LogP contribution in [-0.2, 0) is 0 Å². The van der Waals surface area contributed by atoms with Crippen molar-refractivity contribution in [3.05, 3.63) is 29.8 Å². The van der Waals surface area contributed by atoms with E-state index in [1.807, 2.05) is 24.3 Å². The summed E-state index contributed by atoms with van der Waals surface area (Å²) in [4.78, 5) is 0. The van der Waals surface area contributed by atoms with Crippen LogP contribution in [0, 0.1) is 5.41 Å². The molecule has 0 amide bonds. The van der Waals surface area contributed by atoms with Gasteiger partial charge in [-0.05, 0) is 23.1 Å². The van der Waals surface area contributed by atoms with Gasteiger partial charge in [0.25, 0.3) is 0 Å². The molecule has 0 aliphatic carbocycles. The van der Waals surface area contributed by atoms with Gasteiger partial charge < -0.3 is 4.74 Å². The van der Waals surface area contributed by atoms with E-state index in [1.165, 1.54) is 0 Å². The highest BCUT2D eigenvalue weighted by molar-refractivity contribution is 6.21. The maximum absolute atomic E-state index is 6.36. The van der Waals surface area contributed by atoms with Crippen LogP contribution in [0.25, 0.3) is 0 Å². The summed E-state index contributed by atoms with van der Waals surface area (Å²) in [5, 5.41) is 0.0117. The fourth-order valence-corrected chi connectivity index (χ4v) is 1.43. The maximum atomic E-state index is 6.36. The van der Waals surface area contributed by atoms with Crippen LogP contribution in [0.1, 0.15) is 31.7 Å². The van der Waals surface area contributed by atoms with Crippen molar-refractivity contribution in [1.82, 2.24) is 0 Å². The van der Waals surface area contributed by atoms with E-state index < -0.39 is 0 Å². The van der Waals surface area contributed by atoms with Crippen molar-refractivity contribution >= 4 is 11.6 Å². The molecule has 1 unspecified atom stereocenters. The second kappa shape index (κ2) is 4.22. The molecule has 14 heavy (non-hydrogen) atoms. The summed E-state index contributed by atoms with van der Waals surface area (Å²) < 4.78 is 5.16. The fraction of sp³-hybridized carbons (Fsp3) is 0.500. The first-order valence-corrected chi connectivity index (χ1v) is 5.17. The zero-order valence-corrected chi connectivity index (χ0v) is 9.93. The second-order valence-electron chi connectivity index (χ2n) is 4.51. The Kier molecular flexibility index (Phi) is 3.43. The summed E-state index contributed by atoms with van der Waals surface area (Å²) in [5.41, 5.74) is 1.17. The lowest BCUT2D eigenvalue weighted by Gasteiger charge is -2.25. The van der Waals surface area contributed by atoms with Gasteiger partial charge in [-0.15, -0.1) is 11.6 Å². The molecule has 0 saturated heterocycles. The summed E-state index contributed by atoms with van der Waals surface area (Å²) in [6.45, 7) is 6.39. The molecule has 1 nitrogen and oxygen atoms in total. The first-order valence-electron chi connectivity index (χ1n) is 4.73. The molecule has 1 aromatic carbocycles. The lowest BCUT2D eigenvalue weighted by Crippen LogP contribution is -2.13. The molecule has 0 bridgehead atoms. The lowest BCUT2D eigenvalue weighted by molar-refractivity contribution is 0.390. The predicted octanol–water partition coefficient (Wildman–Crippen LogP) is 4.02. The number of rotatable bonds is 2. The number of methoxy groups -OCH3 is 1. The molecule has 0 heterocycles. The van der Waals surface area contributed by atoms with Crippen LogP contribution in [0.2, 0.25) is 0 Å². The number of ether oxygens (including phenoxy) is 1. The Morgan fingerprint density at radius 2 is 1.93 bits per heavy atom. The van der Waals surface area contributed by atoms with Crippen LogP contribution in [0.4, 0.5) is 0 Å². The molecule has 0 saturated carbocycles. The Morgan fingerprint density at radius 1 is 1.29 bits per heavy atom. The monoisotopic (exact) mass is 212 g/mol. The van der Waals surface area contributed by atoms with Crippen molar-refractivity contribution in [2.24, 2.45) is 5.41 Å². The van der Waals surface area contributed by atoms with Crippen molar-refractivity contribution in [2.45, 2.75) is 26.1 Å². The summed E-state index contributed by atoms with van der Waals surface area (Å²) >= 11 is 6.36. The standard InChI is InChI=1S/C12H17ClO/c1-12(2,3)11(13)9-6-5-7-10(8-9)14-4/h5-8,11H,1-4H3. The molecule has 0 fully saturated rings. The van der Waals surface area contributed by atoms with Gasteiger partial charge >= 0.3 is 0 Å². The highest BCUT2D eigenvalue weighted by Crippen LogP contribution is 2.39. The van der Waals surface area contributed by atoms with Gasteiger partial charge in [0, 0.05) is 0 Å². The molecule has 1 rings (SSSR count). The zero-order valence-electron chi connectivity index (χ0n) is 9.17. The molecule has 2 heteroatoms. The first kappa shape index (κ1) is 11.4. The van der Waals surface area contributed by atoms with E-state index in [1.54, 1.807) is 7.11 Å². The highest BCUT2D eigenvalue weighted by atomic mass is 35.5. The van der Waals surface area contributed by atoms with Crippen LogP contribution in [0.3, 0.4) is 0 Å². The first-order chi connectivity index (χ1) is 6.45. The van der Waals surface area contributed by atoms with Crippen LogP contribution < -0.4 is 4.74 Å². The van der Waals surface area contributed by atoms with Crippen LogP contribution in [0.5, 0.6) is 5.75 Å². The highest BCUT2D eigenvalue weighted by Gasteiger charge is 2.23. The maximum Gasteiger partial charge on any atom is 0.119 e. The average Bonchev–Trinajstić information content (AvgIpc) is 2.15. The minimum Gasteiger partial charge on any atom is -0.497 e. The Hall–Kier alpha value is -0.690. The summed E-state index contributed by atoms with van der Waals surface area (Å²) in [5.74, 6) is 0.859. The SMILES string of the molecule is COc1cccc(C(Cl)C(C)(C)C)c1. The van der Waals surface area contributed by atoms with E-state index in [4.69, 9.17) is 16.3 Å². The van der Waals surface area contributed by atoms with E-state index in [9.17, 15) is 0 Å². The van der Waals surface area contributed by atoms with Crippen molar-refractivity contribution in [2.75, 3.05) is 7.11 Å². The molecule has 0 aromatic heterocycles. The van der Waals surface area contributed by atoms with Gasteiger partial charge in [-0.1, -0.05) is 32.9 Å². The van der Waals surface area contributed by atoms with Gasteiger partial charge in [0.15, 0.2) is 0 Å². The van der Waals surface area contributed by atoms with E-state index in [0.29, 0.717) is 0 Å². The predicted molar refractivity (Wildman–Crippen MR) is 61.0 cm³/mol. The minimum atomic E-state index is 0.0117. The summed E-state index contributed by atoms with van der Waals surface area (Å²) in [6.07, 6.45) is 0. The van der Waals surface area contributed by atoms with Crippen LogP contribution in [0.15, 0.2) is 24.3 Å². The molecule has 78 valence electrons. The Balaban J connectivity index is 2.95. The molecule has 1 aromatic rings. The largest absolute Gasteiger partial charge is 0.497 e. The number of hydrogen-bond acceptors (Lipinski definition) is 1. The van der Waals surface area contributed by atoms with Gasteiger partial charge in [0.1, 0.15) is 5.75 Å². The third-order valence-corrected chi connectivity index (χ3v) is 3.05. The van der Waals surface area contributed by atoms with Crippen molar-refractivity contribution in [3.63, 3.8) is 0 Å². The summed E-state index contributed by atoms with van der Waals surface area (Å²) in [6, 6.07) is 7.92. The van der Waals surface area contributed by atoms with E-state index in [0.717, 1.165) is 11.3 Å². The second-order valence-corrected chi connectivity index (χ2v) is 4.94. The molecular formula is C12H17ClO. The van der Waals surface area contributed by atoms with Crippen molar-refractivity contribution in [1.29, 1.82) is 0 Å². The van der Waals surface area contributed by atoms with Gasteiger partial charge in [-0.2, -0.15) is 0 Å². The van der Waals surface area contributed by atoms with Gasteiger partial charge in [-0.25, -0.2) is 0 Å². The van der Waals surface area contributed by atoms with Crippen LogP contribution >= 0.6 is 11.6 Å². The van der Waals surface area contributed by atoms with Gasteiger partial charge in [0.05, 0.1) is 12.5 Å². The van der Waals surface area contributed by atoms with Gasteiger partial charge in [-0.3, -0.25) is 0 Å². The van der Waals surface area contributed by atoms with E-state index >= 15 is 0 Å². The molecule has 0 N–H and O–H groups in total. The topological polar surface area (TPSA) is 9.23 Å². The molecule has 0 aliphatic rings. The third kappa shape index (κ3) is 2.65. The molecular weight excluding hydrogens is 196 g/mol. The van der Waals surface area contributed by atoms with Crippen LogP contribution in [-0.4, -0.2) is 7.11 Å². The Bertz CT molecular complexity index is 301. The molecule has 0 radical (unpaired) electrons. The van der Waals surface area contributed by atoms with Gasteiger partial charge in [0.2, 0.25) is 0 Å². The average molecular weight is 213 g/mol. The molecule has 0 spiro atoms. The summed E-state index contributed by atoms with van der Waals surface area (Å²) in [7, 11) is 1.67. The van der Waals surface area contributed by atoms with E-state index in [2.05, 4.69) is 20.8 Å². The minimum absolute atomic E-state index is 0.0117. The van der Waals surface area contributed by atoms with Crippen molar-refractivity contribution in [3.8, 4) is 5.75 Å². The lowest BCUT2D eigenvalue weighted by atomic mass is 9.87. The Morgan fingerprint density at radius 3 is 2.43 bits per heavy atom. The fourth-order valence-electron chi connectivity index (χ4n) is 1.30. The third-order valence-electron chi connectivity index (χ3n) is 2.15. The van der Waals surface area contributed by atoms with E-state index in [-0.39, 0.29) is 10.8 Å². The number of benzene rings is 1.